The zero-order valence-corrected chi connectivity index (χ0v) is 19.6. The number of nitrogens with zero attached hydrogens (tertiary/aromatic N) is 1. The maximum atomic E-state index is 12.1. The van der Waals surface area contributed by atoms with Crippen LogP contribution >= 0.6 is 34.8 Å². The van der Waals surface area contributed by atoms with Crippen LogP contribution in [0.5, 0.6) is 5.75 Å². The van der Waals surface area contributed by atoms with Crippen LogP contribution in [0.1, 0.15) is 5.56 Å². The number of hydrogen-bond donors (Lipinski definition) is 3. The summed E-state index contributed by atoms with van der Waals surface area (Å²) in [6, 6.07) is 17.7. The molecule has 0 saturated heterocycles. The number of carbonyl (C=O) groups excluding carboxylic acids is 3. The van der Waals surface area contributed by atoms with Gasteiger partial charge in [0.05, 0.1) is 16.3 Å². The monoisotopic (exact) mass is 518 g/mol. The van der Waals surface area contributed by atoms with Crippen LogP contribution < -0.4 is 20.8 Å². The Morgan fingerprint density at radius 3 is 2.35 bits per heavy atom. The second-order valence-corrected chi connectivity index (χ2v) is 7.95. The van der Waals surface area contributed by atoms with Gasteiger partial charge in [-0.05, 0) is 54.1 Å². The number of hydrazone groups is 1. The van der Waals surface area contributed by atoms with E-state index < -0.39 is 17.7 Å². The fraction of sp³-hybridized carbons (Fsp3) is 0.0435. The summed E-state index contributed by atoms with van der Waals surface area (Å²) in [6.07, 6.45) is 1.33. The molecule has 34 heavy (non-hydrogen) atoms. The maximum Gasteiger partial charge on any atom is 0.329 e. The molecule has 0 saturated carbocycles. The first-order valence-electron chi connectivity index (χ1n) is 9.68. The molecular formula is C23H17Cl3N4O4. The Morgan fingerprint density at radius 1 is 0.824 bits per heavy atom. The molecule has 0 spiro atoms. The Hall–Kier alpha value is -3.59. The Labute approximate surface area is 209 Å². The lowest BCUT2D eigenvalue weighted by Gasteiger charge is -2.08. The van der Waals surface area contributed by atoms with Gasteiger partial charge in [-0.25, -0.2) is 5.43 Å². The highest BCUT2D eigenvalue weighted by Gasteiger charge is 2.13. The van der Waals surface area contributed by atoms with Crippen molar-refractivity contribution in [3.63, 3.8) is 0 Å². The lowest BCUT2D eigenvalue weighted by atomic mass is 10.2. The zero-order chi connectivity index (χ0) is 24.5. The van der Waals surface area contributed by atoms with E-state index in [-0.39, 0.29) is 6.61 Å². The highest BCUT2D eigenvalue weighted by Crippen LogP contribution is 2.25. The van der Waals surface area contributed by atoms with E-state index in [0.717, 1.165) is 0 Å². The van der Waals surface area contributed by atoms with Crippen LogP contribution in [0.15, 0.2) is 71.8 Å². The Morgan fingerprint density at radius 2 is 1.59 bits per heavy atom. The predicted molar refractivity (Wildman–Crippen MR) is 133 cm³/mol. The van der Waals surface area contributed by atoms with E-state index in [4.69, 9.17) is 39.5 Å². The molecule has 0 aromatic heterocycles. The van der Waals surface area contributed by atoms with Crippen LogP contribution in [0, 0.1) is 0 Å². The second kappa shape index (κ2) is 12.0. The Kier molecular flexibility index (Phi) is 8.86. The van der Waals surface area contributed by atoms with Gasteiger partial charge in [-0.1, -0.05) is 53.0 Å². The summed E-state index contributed by atoms with van der Waals surface area (Å²) < 4.78 is 5.48. The highest BCUT2D eigenvalue weighted by atomic mass is 35.5. The van der Waals surface area contributed by atoms with Crippen LogP contribution in [0.3, 0.4) is 0 Å². The minimum Gasteiger partial charge on any atom is -0.484 e. The molecular weight excluding hydrogens is 503 g/mol. The van der Waals surface area contributed by atoms with Crippen molar-refractivity contribution in [3.05, 3.63) is 87.4 Å². The fourth-order valence-electron chi connectivity index (χ4n) is 2.57. The highest BCUT2D eigenvalue weighted by molar-refractivity contribution is 6.42. The first kappa shape index (κ1) is 25.0. The number of ether oxygens (including phenoxy) is 1. The third-order valence-corrected chi connectivity index (χ3v) is 5.07. The number of benzene rings is 3. The molecule has 0 heterocycles. The van der Waals surface area contributed by atoms with Crippen LogP contribution in [0.25, 0.3) is 0 Å². The summed E-state index contributed by atoms with van der Waals surface area (Å²) in [7, 11) is 0. The number of rotatable bonds is 7. The summed E-state index contributed by atoms with van der Waals surface area (Å²) in [4.78, 5) is 35.9. The molecule has 0 atom stereocenters. The molecule has 0 aliphatic heterocycles. The molecule has 0 aliphatic carbocycles. The lowest BCUT2D eigenvalue weighted by molar-refractivity contribution is -0.136. The number of halogens is 3. The molecule has 3 rings (SSSR count). The van der Waals surface area contributed by atoms with E-state index in [1.165, 1.54) is 18.3 Å². The summed E-state index contributed by atoms with van der Waals surface area (Å²) in [5.41, 5.74) is 3.56. The van der Waals surface area contributed by atoms with Gasteiger partial charge in [0.1, 0.15) is 5.75 Å². The van der Waals surface area contributed by atoms with Gasteiger partial charge in [-0.2, -0.15) is 5.10 Å². The third-order valence-electron chi connectivity index (χ3n) is 4.10. The maximum absolute atomic E-state index is 12.1. The van der Waals surface area contributed by atoms with Crippen LogP contribution in [0.2, 0.25) is 15.1 Å². The molecule has 0 fully saturated rings. The Bertz CT molecular complexity index is 1250. The quantitative estimate of drug-likeness (QED) is 0.238. The second-order valence-electron chi connectivity index (χ2n) is 6.70. The normalized spacial score (nSPS) is 10.6. The topological polar surface area (TPSA) is 109 Å². The van der Waals surface area contributed by atoms with Crippen molar-refractivity contribution in [1.29, 1.82) is 0 Å². The number of hydrogen-bond acceptors (Lipinski definition) is 5. The number of amides is 3. The van der Waals surface area contributed by atoms with Crippen molar-refractivity contribution in [2.24, 2.45) is 5.10 Å². The fourth-order valence-corrected chi connectivity index (χ4v) is 3.06. The molecule has 0 unspecified atom stereocenters. The SMILES string of the molecule is O=C(COc1cccc(/C=N\NC(=O)C(=O)Nc2cccc(Cl)c2)c1)Nc1ccc(Cl)c(Cl)c1. The molecule has 3 amide bonds. The largest absolute Gasteiger partial charge is 0.484 e. The molecule has 3 aromatic carbocycles. The molecule has 3 N–H and O–H groups in total. The first-order chi connectivity index (χ1) is 16.3. The molecule has 11 heteroatoms. The van der Waals surface area contributed by atoms with Gasteiger partial charge in [0.25, 0.3) is 5.91 Å². The average Bonchev–Trinajstić information content (AvgIpc) is 2.80. The van der Waals surface area contributed by atoms with Crippen molar-refractivity contribution in [2.75, 3.05) is 17.2 Å². The smallest absolute Gasteiger partial charge is 0.329 e. The average molecular weight is 520 g/mol. The third kappa shape index (κ3) is 7.77. The molecule has 8 nitrogen and oxygen atoms in total. The van der Waals surface area contributed by atoms with E-state index in [9.17, 15) is 14.4 Å². The summed E-state index contributed by atoms with van der Waals surface area (Å²) >= 11 is 17.6. The van der Waals surface area contributed by atoms with E-state index >= 15 is 0 Å². The molecule has 0 bridgehead atoms. The van der Waals surface area contributed by atoms with Gasteiger partial charge in [-0.3, -0.25) is 14.4 Å². The van der Waals surface area contributed by atoms with Crippen LogP contribution in [-0.2, 0) is 14.4 Å². The van der Waals surface area contributed by atoms with Crippen molar-refractivity contribution in [2.45, 2.75) is 0 Å². The van der Waals surface area contributed by atoms with Gasteiger partial charge in [0.15, 0.2) is 6.61 Å². The Balaban J connectivity index is 1.48. The van der Waals surface area contributed by atoms with E-state index in [1.807, 2.05) is 0 Å². The van der Waals surface area contributed by atoms with Crippen molar-refractivity contribution < 1.29 is 19.1 Å². The van der Waals surface area contributed by atoms with Gasteiger partial charge < -0.3 is 15.4 Å². The van der Waals surface area contributed by atoms with Crippen LogP contribution in [-0.4, -0.2) is 30.5 Å². The standard InChI is InChI=1S/C23H17Cl3N4O4/c24-15-4-2-5-16(10-15)29-22(32)23(33)30-27-12-14-3-1-6-18(9-14)34-13-21(31)28-17-7-8-19(25)20(26)11-17/h1-12H,13H2,(H,28,31)(H,29,32)(H,30,33)/b27-12-. The minimum absolute atomic E-state index is 0.249. The number of anilines is 2. The zero-order valence-electron chi connectivity index (χ0n) is 17.3. The molecule has 174 valence electrons. The number of nitrogens with one attached hydrogen (secondary N) is 3. The van der Waals surface area contributed by atoms with Gasteiger partial charge in [-0.15, -0.1) is 0 Å². The van der Waals surface area contributed by atoms with Gasteiger partial charge in [0.2, 0.25) is 0 Å². The van der Waals surface area contributed by atoms with Crippen molar-refractivity contribution >= 4 is 70.1 Å². The summed E-state index contributed by atoms with van der Waals surface area (Å²) in [5, 5.41) is 9.94. The summed E-state index contributed by atoms with van der Waals surface area (Å²) in [5.74, 6) is -1.85. The van der Waals surface area contributed by atoms with E-state index in [1.54, 1.807) is 54.6 Å². The van der Waals surface area contributed by atoms with E-state index in [0.29, 0.717) is 37.8 Å². The predicted octanol–water partition coefficient (Wildman–Crippen LogP) is 4.75. The van der Waals surface area contributed by atoms with Crippen LogP contribution in [0.4, 0.5) is 11.4 Å². The molecule has 0 radical (unpaired) electrons. The van der Waals surface area contributed by atoms with Crippen molar-refractivity contribution in [3.8, 4) is 5.75 Å². The molecule has 3 aromatic rings. The first-order valence-corrected chi connectivity index (χ1v) is 10.8. The minimum atomic E-state index is -0.956. The number of carbonyl (C=O) groups is 3. The summed E-state index contributed by atoms with van der Waals surface area (Å²) in [6.45, 7) is -0.249. The van der Waals surface area contributed by atoms with Gasteiger partial charge >= 0.3 is 11.8 Å². The lowest BCUT2D eigenvalue weighted by Crippen LogP contribution is -2.32. The van der Waals surface area contributed by atoms with Gasteiger partial charge in [0, 0.05) is 16.4 Å². The van der Waals surface area contributed by atoms with E-state index in [2.05, 4.69) is 21.2 Å². The molecule has 0 aliphatic rings. The van der Waals surface area contributed by atoms with Crippen molar-refractivity contribution in [1.82, 2.24) is 5.43 Å².